The molecule has 6 heteroatoms. The minimum Gasteiger partial charge on any atom is -0.494 e. The molecule has 0 unspecified atom stereocenters. The van der Waals surface area contributed by atoms with Crippen LogP contribution in [0.4, 0.5) is 4.39 Å². The van der Waals surface area contributed by atoms with Crippen LogP contribution in [0.3, 0.4) is 0 Å². The zero-order valence-corrected chi connectivity index (χ0v) is 10.6. The quantitative estimate of drug-likeness (QED) is 0.861. The van der Waals surface area contributed by atoms with Crippen molar-refractivity contribution in [2.45, 2.75) is 6.42 Å². The summed E-state index contributed by atoms with van der Waals surface area (Å²) >= 11 is 0. The molecule has 0 radical (unpaired) electrons. The van der Waals surface area contributed by atoms with Crippen molar-refractivity contribution in [1.82, 2.24) is 10.2 Å². The van der Waals surface area contributed by atoms with Gasteiger partial charge in [0.1, 0.15) is 0 Å². The van der Waals surface area contributed by atoms with Gasteiger partial charge < -0.3 is 15.0 Å². The lowest BCUT2D eigenvalue weighted by Crippen LogP contribution is -2.37. The molecule has 2 rings (SSSR count). The molecule has 0 bridgehead atoms. The van der Waals surface area contributed by atoms with E-state index >= 15 is 0 Å². The highest BCUT2D eigenvalue weighted by Gasteiger charge is 2.21. The summed E-state index contributed by atoms with van der Waals surface area (Å²) in [6.45, 7) is 1.09. The van der Waals surface area contributed by atoms with Crippen molar-refractivity contribution < 1.29 is 18.7 Å². The van der Waals surface area contributed by atoms with Crippen LogP contribution < -0.4 is 10.1 Å². The first-order chi connectivity index (χ1) is 9.11. The number of carbonyl (C=O) groups excluding carboxylic acids is 2. The molecular formula is C13H15FN2O3. The van der Waals surface area contributed by atoms with Gasteiger partial charge >= 0.3 is 0 Å². The molecule has 0 spiro atoms. The van der Waals surface area contributed by atoms with Crippen LogP contribution in [0.25, 0.3) is 0 Å². The molecule has 1 saturated heterocycles. The van der Waals surface area contributed by atoms with Gasteiger partial charge in [0, 0.05) is 18.7 Å². The SMILES string of the molecule is COc1cc(C(=O)N2CCCNC(=O)C2)ccc1F. The van der Waals surface area contributed by atoms with Gasteiger partial charge in [-0.25, -0.2) is 4.39 Å². The van der Waals surface area contributed by atoms with Crippen LogP contribution in [0, 0.1) is 5.82 Å². The largest absolute Gasteiger partial charge is 0.494 e. The van der Waals surface area contributed by atoms with Gasteiger partial charge in [0.05, 0.1) is 13.7 Å². The Hall–Kier alpha value is -2.11. The number of rotatable bonds is 2. The second kappa shape index (κ2) is 5.69. The Morgan fingerprint density at radius 2 is 2.26 bits per heavy atom. The number of nitrogens with one attached hydrogen (secondary N) is 1. The first-order valence-electron chi connectivity index (χ1n) is 6.01. The van der Waals surface area contributed by atoms with E-state index in [0.29, 0.717) is 25.1 Å². The molecule has 1 N–H and O–H groups in total. The summed E-state index contributed by atoms with van der Waals surface area (Å²) in [5, 5.41) is 2.69. The number of benzene rings is 1. The normalized spacial score (nSPS) is 15.7. The molecule has 1 aromatic rings. The van der Waals surface area contributed by atoms with E-state index in [1.54, 1.807) is 0 Å². The minimum atomic E-state index is -0.521. The smallest absolute Gasteiger partial charge is 0.254 e. The number of hydrogen-bond acceptors (Lipinski definition) is 3. The summed E-state index contributed by atoms with van der Waals surface area (Å²) in [5.74, 6) is -0.979. The number of methoxy groups -OCH3 is 1. The number of halogens is 1. The fourth-order valence-corrected chi connectivity index (χ4v) is 1.95. The van der Waals surface area contributed by atoms with Crippen molar-refractivity contribution >= 4 is 11.8 Å². The number of hydrogen-bond donors (Lipinski definition) is 1. The van der Waals surface area contributed by atoms with Crippen molar-refractivity contribution in [3.05, 3.63) is 29.6 Å². The lowest BCUT2D eigenvalue weighted by molar-refractivity contribution is -0.121. The number of nitrogens with zero attached hydrogens (tertiary/aromatic N) is 1. The van der Waals surface area contributed by atoms with E-state index in [9.17, 15) is 14.0 Å². The van der Waals surface area contributed by atoms with Gasteiger partial charge in [-0.1, -0.05) is 0 Å². The molecule has 0 aromatic heterocycles. The molecule has 1 aliphatic heterocycles. The Morgan fingerprint density at radius 1 is 1.47 bits per heavy atom. The van der Waals surface area contributed by atoms with E-state index in [4.69, 9.17) is 4.74 Å². The van der Waals surface area contributed by atoms with E-state index in [2.05, 4.69) is 5.32 Å². The van der Waals surface area contributed by atoms with E-state index < -0.39 is 5.82 Å². The molecule has 5 nitrogen and oxygen atoms in total. The molecule has 19 heavy (non-hydrogen) atoms. The lowest BCUT2D eigenvalue weighted by atomic mass is 10.1. The van der Waals surface area contributed by atoms with Gasteiger partial charge in [0.2, 0.25) is 5.91 Å². The van der Waals surface area contributed by atoms with Gasteiger partial charge in [0.15, 0.2) is 11.6 Å². The lowest BCUT2D eigenvalue weighted by Gasteiger charge is -2.19. The Balaban J connectivity index is 2.20. The Morgan fingerprint density at radius 3 is 3.00 bits per heavy atom. The van der Waals surface area contributed by atoms with Crippen molar-refractivity contribution in [1.29, 1.82) is 0 Å². The molecule has 1 aliphatic rings. The van der Waals surface area contributed by atoms with E-state index in [1.807, 2.05) is 0 Å². The molecule has 0 atom stereocenters. The van der Waals surface area contributed by atoms with Gasteiger partial charge in [-0.05, 0) is 24.6 Å². The van der Waals surface area contributed by atoms with Crippen LogP contribution in [0.2, 0.25) is 0 Å². The van der Waals surface area contributed by atoms with Gasteiger partial charge in [-0.2, -0.15) is 0 Å². The maximum absolute atomic E-state index is 13.3. The zero-order valence-electron chi connectivity index (χ0n) is 10.6. The van der Waals surface area contributed by atoms with Crippen LogP contribution in [0.5, 0.6) is 5.75 Å². The first kappa shape index (κ1) is 13.3. The van der Waals surface area contributed by atoms with E-state index in [0.717, 1.165) is 0 Å². The molecule has 0 saturated carbocycles. The highest BCUT2D eigenvalue weighted by atomic mass is 19.1. The molecule has 1 heterocycles. The van der Waals surface area contributed by atoms with Crippen LogP contribution in [0.15, 0.2) is 18.2 Å². The van der Waals surface area contributed by atoms with Crippen LogP contribution in [-0.2, 0) is 4.79 Å². The molecule has 102 valence electrons. The van der Waals surface area contributed by atoms with Crippen LogP contribution >= 0.6 is 0 Å². The third kappa shape index (κ3) is 3.01. The average molecular weight is 266 g/mol. The summed E-state index contributed by atoms with van der Waals surface area (Å²) < 4.78 is 18.1. The number of ether oxygens (including phenoxy) is 1. The molecule has 1 aromatic carbocycles. The summed E-state index contributed by atoms with van der Waals surface area (Å²) in [4.78, 5) is 25.1. The molecule has 0 aliphatic carbocycles. The zero-order chi connectivity index (χ0) is 13.8. The second-order valence-electron chi connectivity index (χ2n) is 4.28. The molecule has 2 amide bonds. The van der Waals surface area contributed by atoms with Crippen LogP contribution in [0.1, 0.15) is 16.8 Å². The monoisotopic (exact) mass is 266 g/mol. The fourth-order valence-electron chi connectivity index (χ4n) is 1.95. The topological polar surface area (TPSA) is 58.6 Å². The maximum Gasteiger partial charge on any atom is 0.254 e. The Kier molecular flexibility index (Phi) is 3.99. The highest BCUT2D eigenvalue weighted by Crippen LogP contribution is 2.19. The van der Waals surface area contributed by atoms with Crippen molar-refractivity contribution in [3.63, 3.8) is 0 Å². The van der Waals surface area contributed by atoms with E-state index in [1.165, 1.54) is 30.2 Å². The molecule has 1 fully saturated rings. The first-order valence-corrected chi connectivity index (χ1v) is 6.01. The fraction of sp³-hybridized carbons (Fsp3) is 0.385. The standard InChI is InChI=1S/C13H15FN2O3/c1-19-11-7-9(3-4-10(11)14)13(18)16-6-2-5-15-12(17)8-16/h3-4,7H,2,5-6,8H2,1H3,(H,15,17). The Labute approximate surface area is 110 Å². The van der Waals surface area contributed by atoms with Gasteiger partial charge in [0.25, 0.3) is 5.91 Å². The summed E-state index contributed by atoms with van der Waals surface area (Å²) in [5.41, 5.74) is 0.313. The third-order valence-corrected chi connectivity index (χ3v) is 2.95. The summed E-state index contributed by atoms with van der Waals surface area (Å²) in [7, 11) is 1.34. The van der Waals surface area contributed by atoms with Gasteiger partial charge in [-0.3, -0.25) is 9.59 Å². The van der Waals surface area contributed by atoms with Gasteiger partial charge in [-0.15, -0.1) is 0 Å². The predicted octanol–water partition coefficient (Wildman–Crippen LogP) is 0.796. The Bertz CT molecular complexity index is 505. The number of carbonyl (C=O) groups is 2. The maximum atomic E-state index is 13.3. The predicted molar refractivity (Wildman–Crippen MR) is 66.5 cm³/mol. The third-order valence-electron chi connectivity index (χ3n) is 2.95. The second-order valence-corrected chi connectivity index (χ2v) is 4.28. The number of amides is 2. The molecular weight excluding hydrogens is 251 g/mol. The highest BCUT2D eigenvalue weighted by molar-refractivity contribution is 5.97. The van der Waals surface area contributed by atoms with E-state index in [-0.39, 0.29) is 24.1 Å². The average Bonchev–Trinajstić information content (AvgIpc) is 2.63. The van der Waals surface area contributed by atoms with Crippen molar-refractivity contribution in [2.24, 2.45) is 0 Å². The summed E-state index contributed by atoms with van der Waals surface area (Å²) in [6.07, 6.45) is 0.704. The minimum absolute atomic E-state index is 0.0186. The summed E-state index contributed by atoms with van der Waals surface area (Å²) in [6, 6.07) is 3.92. The van der Waals surface area contributed by atoms with Crippen molar-refractivity contribution in [2.75, 3.05) is 26.7 Å². The van der Waals surface area contributed by atoms with Crippen molar-refractivity contribution in [3.8, 4) is 5.75 Å². The van der Waals surface area contributed by atoms with Crippen LogP contribution in [-0.4, -0.2) is 43.5 Å².